The zero-order valence-corrected chi connectivity index (χ0v) is 7.47. The van der Waals surface area contributed by atoms with Crippen LogP contribution in [0.15, 0.2) is 48.5 Å². The molecule has 0 saturated heterocycles. The molecule has 2 heteroatoms. The number of ether oxygens (including phenoxy) is 1. The summed E-state index contributed by atoms with van der Waals surface area (Å²) in [5, 5.41) is 1.40. The topological polar surface area (TPSA) is 21.3 Å². The Morgan fingerprint density at radius 2 is 1.36 bits per heavy atom. The van der Waals surface area contributed by atoms with E-state index in [4.69, 9.17) is 6.15 Å². The van der Waals surface area contributed by atoms with E-state index in [1.54, 1.807) is 0 Å². The summed E-state index contributed by atoms with van der Waals surface area (Å²) in [5.41, 5.74) is 1.55. The third kappa shape index (κ3) is 1.04. The average molecular weight is 184 g/mol. The molecule has 0 fully saturated rings. The highest BCUT2D eigenvalue weighted by atomic mass is 16.5. The van der Waals surface area contributed by atoms with Crippen LogP contribution in [0.3, 0.4) is 0 Å². The Hall–Kier alpha value is -1.96. The Kier molecular flexibility index (Phi) is 1.28. The highest BCUT2D eigenvalue weighted by Crippen LogP contribution is 2.40. The molecule has 2 aromatic rings. The quantitative estimate of drug-likeness (QED) is 0.676. The van der Waals surface area contributed by atoms with Crippen molar-refractivity contribution in [3.05, 3.63) is 48.5 Å². The van der Waals surface area contributed by atoms with Gasteiger partial charge in [0, 0.05) is 0 Å². The number of rotatable bonds is 0. The van der Waals surface area contributed by atoms with Crippen LogP contribution in [0.25, 0.3) is 0 Å². The molecule has 14 heavy (non-hydrogen) atoms. The molecule has 1 aliphatic heterocycles. The van der Waals surface area contributed by atoms with Gasteiger partial charge in [0.2, 0.25) is 0 Å². The molecule has 1 N–H and O–H groups in total. The van der Waals surface area contributed by atoms with Crippen LogP contribution in [-0.4, -0.2) is 0 Å². The molecule has 1 heterocycles. The number of anilines is 2. The van der Waals surface area contributed by atoms with E-state index in [0.29, 0.717) is 0 Å². The van der Waals surface area contributed by atoms with Gasteiger partial charge in [-0.15, -0.1) is 0 Å². The molecule has 0 unspecified atom stereocenters. The fourth-order valence-electron chi connectivity index (χ4n) is 1.52. The predicted octanol–water partition coefficient (Wildman–Crippen LogP) is 3.54. The minimum Gasteiger partial charge on any atom is -0.453 e. The second kappa shape index (κ2) is 2.77. The van der Waals surface area contributed by atoms with Crippen molar-refractivity contribution in [2.24, 2.45) is 0 Å². The minimum absolute atomic E-state index is 0.728. The van der Waals surface area contributed by atoms with Gasteiger partial charge in [0.1, 0.15) is 0 Å². The molecule has 0 bridgehead atoms. The molecule has 0 aromatic heterocycles. The monoisotopic (exact) mass is 184 g/mol. The second-order valence-corrected chi connectivity index (χ2v) is 3.15. The molecular weight excluding hydrogens is 174 g/mol. The van der Waals surface area contributed by atoms with Gasteiger partial charge >= 0.3 is 0 Å². The van der Waals surface area contributed by atoms with Crippen LogP contribution in [-0.2, 0) is 0 Å². The van der Waals surface area contributed by atoms with Crippen molar-refractivity contribution in [1.82, 2.24) is 0 Å². The SMILES string of the molecule is [2H]N1c2ccccc2Oc2ccccc21. The van der Waals surface area contributed by atoms with E-state index < -0.39 is 0 Å². The van der Waals surface area contributed by atoms with Crippen molar-refractivity contribution in [2.45, 2.75) is 0 Å². The summed E-state index contributed by atoms with van der Waals surface area (Å²) in [5.74, 6) is 1.46. The molecule has 2 nitrogen and oxygen atoms in total. The summed E-state index contributed by atoms with van der Waals surface area (Å²) in [6.45, 7) is 0. The molecule has 1 aliphatic rings. The van der Waals surface area contributed by atoms with E-state index >= 15 is 0 Å². The first kappa shape index (κ1) is 6.49. The number of para-hydroxylation sites is 4. The zero-order chi connectivity index (χ0) is 10.3. The van der Waals surface area contributed by atoms with Crippen molar-refractivity contribution in [3.8, 4) is 11.5 Å². The van der Waals surface area contributed by atoms with Crippen molar-refractivity contribution >= 4 is 11.4 Å². The largest absolute Gasteiger partial charge is 0.453 e. The van der Waals surface area contributed by atoms with Gasteiger partial charge in [-0.05, 0) is 24.3 Å². The lowest BCUT2D eigenvalue weighted by Gasteiger charge is -2.20. The Morgan fingerprint density at radius 1 is 0.857 bits per heavy atom. The van der Waals surface area contributed by atoms with Crippen molar-refractivity contribution in [3.63, 3.8) is 0 Å². The molecular formula is C12H9NO. The number of hydrogen-bond acceptors (Lipinski definition) is 2. The molecule has 0 aliphatic carbocycles. The molecule has 0 radical (unpaired) electrons. The molecule has 2 aromatic carbocycles. The van der Waals surface area contributed by atoms with Crippen LogP contribution in [0.2, 0.25) is 1.41 Å². The van der Waals surface area contributed by atoms with Gasteiger partial charge in [-0.1, -0.05) is 24.3 Å². The summed E-state index contributed by atoms with van der Waals surface area (Å²) < 4.78 is 13.7. The number of hydrogen-bond donors (Lipinski definition) is 1. The first-order valence-corrected chi connectivity index (χ1v) is 4.51. The van der Waals surface area contributed by atoms with Gasteiger partial charge in [-0.2, -0.15) is 0 Å². The van der Waals surface area contributed by atoms with Gasteiger partial charge in [0.05, 0.1) is 11.4 Å². The minimum atomic E-state index is 0.728. The number of fused-ring (bicyclic) bond motifs is 2. The fourth-order valence-corrected chi connectivity index (χ4v) is 1.52. The fraction of sp³-hybridized carbons (Fsp3) is 0. The predicted molar refractivity (Wildman–Crippen MR) is 56.2 cm³/mol. The summed E-state index contributed by atoms with van der Waals surface area (Å²) in [6.07, 6.45) is 0. The van der Waals surface area contributed by atoms with Gasteiger partial charge < -0.3 is 10.0 Å². The molecule has 0 spiro atoms. The zero-order valence-electron chi connectivity index (χ0n) is 8.47. The third-order valence-electron chi connectivity index (χ3n) is 2.19. The van der Waals surface area contributed by atoms with Crippen LogP contribution < -0.4 is 10.0 Å². The summed E-state index contributed by atoms with van der Waals surface area (Å²) in [4.78, 5) is 0. The maximum absolute atomic E-state index is 7.99. The smallest absolute Gasteiger partial charge is 0.167 e. The lowest BCUT2D eigenvalue weighted by atomic mass is 10.2. The third-order valence-corrected chi connectivity index (χ3v) is 2.19. The van der Waals surface area contributed by atoms with Crippen molar-refractivity contribution in [1.29, 1.82) is 0 Å². The maximum Gasteiger partial charge on any atom is 0.167 e. The van der Waals surface area contributed by atoms with E-state index in [1.807, 2.05) is 48.5 Å². The van der Waals surface area contributed by atoms with Gasteiger partial charge in [-0.25, -0.2) is 0 Å². The first-order valence-electron chi connectivity index (χ1n) is 4.96. The summed E-state index contributed by atoms with van der Waals surface area (Å²) in [6, 6.07) is 15.1. The van der Waals surface area contributed by atoms with E-state index in [1.165, 1.54) is 5.31 Å². The number of nitrogens with one attached hydrogen (secondary N) is 1. The Morgan fingerprint density at radius 3 is 1.93 bits per heavy atom. The normalized spacial score (nSPS) is 13.7. The van der Waals surface area contributed by atoms with Crippen LogP contribution in [0.4, 0.5) is 11.4 Å². The second-order valence-electron chi connectivity index (χ2n) is 3.15. The highest BCUT2D eigenvalue weighted by molar-refractivity contribution is 5.75. The van der Waals surface area contributed by atoms with Crippen LogP contribution in [0, 0.1) is 0 Å². The van der Waals surface area contributed by atoms with Crippen molar-refractivity contribution < 1.29 is 6.15 Å². The maximum atomic E-state index is 7.99. The van der Waals surface area contributed by atoms with Crippen LogP contribution in [0.5, 0.6) is 11.5 Å². The van der Waals surface area contributed by atoms with Crippen LogP contribution in [0.1, 0.15) is 0 Å². The lowest BCUT2D eigenvalue weighted by molar-refractivity contribution is 0.481. The Bertz CT molecular complexity index is 467. The summed E-state index contributed by atoms with van der Waals surface area (Å²) >= 11 is 0. The summed E-state index contributed by atoms with van der Waals surface area (Å²) in [7, 11) is 0. The van der Waals surface area contributed by atoms with Crippen LogP contribution >= 0.6 is 0 Å². The first-order chi connectivity index (χ1) is 7.36. The number of benzene rings is 2. The molecule has 68 valence electrons. The molecule has 0 saturated carbocycles. The molecule has 3 rings (SSSR count). The standard InChI is InChI=1S/C12H9NO/c1-3-7-11-9(5-1)13-10-6-2-4-8-12(10)14-11/h1-8,13H/i/hD. The molecule has 0 amide bonds. The van der Waals surface area contributed by atoms with E-state index in [9.17, 15) is 0 Å². The Balaban J connectivity index is 2.20. The molecule has 0 atom stereocenters. The van der Waals surface area contributed by atoms with Gasteiger partial charge in [-0.3, -0.25) is 0 Å². The van der Waals surface area contributed by atoms with Gasteiger partial charge in [0.15, 0.2) is 12.9 Å². The van der Waals surface area contributed by atoms with E-state index in [0.717, 1.165) is 22.9 Å². The van der Waals surface area contributed by atoms with Gasteiger partial charge in [0.25, 0.3) is 0 Å². The Labute approximate surface area is 83.6 Å². The average Bonchev–Trinajstić information content (AvgIpc) is 2.30. The highest BCUT2D eigenvalue weighted by Gasteiger charge is 2.13. The van der Waals surface area contributed by atoms with E-state index in [-0.39, 0.29) is 0 Å². The van der Waals surface area contributed by atoms with E-state index in [2.05, 4.69) is 0 Å². The van der Waals surface area contributed by atoms with Crippen molar-refractivity contribution in [2.75, 3.05) is 5.31 Å². The lowest BCUT2D eigenvalue weighted by Crippen LogP contribution is -2.01.